The molecule has 1 aliphatic carbocycles. The third kappa shape index (κ3) is 3.98. The predicted octanol–water partition coefficient (Wildman–Crippen LogP) is 3.21. The number of piperidine rings is 1. The van der Waals surface area contributed by atoms with E-state index in [-0.39, 0.29) is 35.5 Å². The van der Waals surface area contributed by atoms with Crippen LogP contribution in [0.5, 0.6) is 0 Å². The molecule has 28 heavy (non-hydrogen) atoms. The second-order valence-electron chi connectivity index (χ2n) is 8.37. The summed E-state index contributed by atoms with van der Waals surface area (Å²) in [6.45, 7) is 2.05. The number of amides is 1. The molecule has 3 N–H and O–H groups in total. The average Bonchev–Trinajstić information content (AvgIpc) is 3.04. The zero-order valence-electron chi connectivity index (χ0n) is 16.4. The molecule has 1 aliphatic heterocycles. The smallest absolute Gasteiger partial charge is 0.326 e. The molecule has 1 aromatic carbocycles. The SMILES string of the molecule is Cl.NCC1(CC(=O)N2CCC(n3c(=O)[nH]c4ccccc43)CC2)CCCCC1. The first kappa shape index (κ1) is 20.9. The monoisotopic (exact) mass is 406 g/mol. The summed E-state index contributed by atoms with van der Waals surface area (Å²) in [5.41, 5.74) is 7.86. The molecule has 0 radical (unpaired) electrons. The molecule has 0 spiro atoms. The van der Waals surface area contributed by atoms with Crippen molar-refractivity contribution in [3.8, 4) is 0 Å². The Bertz CT molecular complexity index is 861. The number of carbonyl (C=O) groups excluding carboxylic acids is 1. The molecule has 2 aromatic rings. The summed E-state index contributed by atoms with van der Waals surface area (Å²) >= 11 is 0. The Hall–Kier alpha value is -1.79. The van der Waals surface area contributed by atoms with Crippen molar-refractivity contribution < 1.29 is 4.79 Å². The van der Waals surface area contributed by atoms with Crippen LogP contribution in [0.3, 0.4) is 0 Å². The predicted molar refractivity (Wildman–Crippen MR) is 114 cm³/mol. The highest BCUT2D eigenvalue weighted by Gasteiger charge is 2.35. The zero-order valence-corrected chi connectivity index (χ0v) is 17.2. The number of aromatic nitrogens is 2. The molecule has 1 saturated carbocycles. The minimum absolute atomic E-state index is 0. The Kier molecular flexibility index (Phi) is 6.50. The van der Waals surface area contributed by atoms with Crippen molar-refractivity contribution in [3.05, 3.63) is 34.7 Å². The highest BCUT2D eigenvalue weighted by Crippen LogP contribution is 2.39. The molecule has 154 valence electrons. The van der Waals surface area contributed by atoms with Crippen LogP contribution in [0, 0.1) is 5.41 Å². The summed E-state index contributed by atoms with van der Waals surface area (Å²) in [6.07, 6.45) is 8.03. The van der Waals surface area contributed by atoms with Gasteiger partial charge in [-0.3, -0.25) is 9.36 Å². The van der Waals surface area contributed by atoms with E-state index >= 15 is 0 Å². The molecule has 2 aliphatic rings. The summed E-state index contributed by atoms with van der Waals surface area (Å²) in [5, 5.41) is 0. The topological polar surface area (TPSA) is 84.1 Å². The molecule has 0 atom stereocenters. The molecular formula is C21H31ClN4O2. The lowest BCUT2D eigenvalue weighted by atomic mass is 9.71. The number of para-hydroxylation sites is 2. The fourth-order valence-electron chi connectivity index (χ4n) is 5.00. The molecule has 2 heterocycles. The lowest BCUT2D eigenvalue weighted by Crippen LogP contribution is -2.44. The molecule has 7 heteroatoms. The van der Waals surface area contributed by atoms with Crippen LogP contribution in [0.25, 0.3) is 11.0 Å². The summed E-state index contributed by atoms with van der Waals surface area (Å²) in [4.78, 5) is 30.2. The number of fused-ring (bicyclic) bond motifs is 1. The molecule has 1 aromatic heterocycles. The first-order valence-corrected chi connectivity index (χ1v) is 10.3. The number of rotatable bonds is 4. The summed E-state index contributed by atoms with van der Waals surface area (Å²) in [5.74, 6) is 0.243. The normalized spacial score (nSPS) is 20.1. The number of hydrogen-bond donors (Lipinski definition) is 2. The summed E-state index contributed by atoms with van der Waals surface area (Å²) < 4.78 is 1.87. The van der Waals surface area contributed by atoms with Crippen LogP contribution in [-0.2, 0) is 4.79 Å². The minimum Gasteiger partial charge on any atom is -0.343 e. The van der Waals surface area contributed by atoms with Gasteiger partial charge in [0.2, 0.25) is 5.91 Å². The van der Waals surface area contributed by atoms with Gasteiger partial charge in [0.1, 0.15) is 0 Å². The summed E-state index contributed by atoms with van der Waals surface area (Å²) in [6, 6.07) is 7.96. The number of likely N-dealkylation sites (tertiary alicyclic amines) is 1. The van der Waals surface area contributed by atoms with E-state index in [1.165, 1.54) is 19.3 Å². The highest BCUT2D eigenvalue weighted by atomic mass is 35.5. The van der Waals surface area contributed by atoms with E-state index in [4.69, 9.17) is 5.73 Å². The third-order valence-electron chi connectivity index (χ3n) is 6.68. The van der Waals surface area contributed by atoms with E-state index < -0.39 is 0 Å². The molecule has 1 amide bonds. The van der Waals surface area contributed by atoms with Gasteiger partial charge in [-0.2, -0.15) is 0 Å². The van der Waals surface area contributed by atoms with Crippen LogP contribution in [0.1, 0.15) is 57.4 Å². The molecule has 0 unspecified atom stereocenters. The molecule has 4 rings (SSSR count). The van der Waals surface area contributed by atoms with Crippen molar-refractivity contribution in [1.82, 2.24) is 14.5 Å². The number of halogens is 1. The summed E-state index contributed by atoms with van der Waals surface area (Å²) in [7, 11) is 0. The van der Waals surface area contributed by atoms with Gasteiger partial charge in [-0.1, -0.05) is 31.4 Å². The van der Waals surface area contributed by atoms with Crippen molar-refractivity contribution in [3.63, 3.8) is 0 Å². The Morgan fingerprint density at radius 1 is 1.14 bits per heavy atom. The Balaban J connectivity index is 0.00000225. The fraction of sp³-hybridized carbons (Fsp3) is 0.619. The number of carbonyl (C=O) groups is 1. The van der Waals surface area contributed by atoms with Crippen LogP contribution in [0.2, 0.25) is 0 Å². The van der Waals surface area contributed by atoms with E-state index in [0.29, 0.717) is 13.0 Å². The van der Waals surface area contributed by atoms with Gasteiger partial charge in [0.25, 0.3) is 0 Å². The van der Waals surface area contributed by atoms with E-state index in [1.54, 1.807) is 0 Å². The van der Waals surface area contributed by atoms with Crippen LogP contribution in [0.15, 0.2) is 29.1 Å². The maximum absolute atomic E-state index is 12.9. The van der Waals surface area contributed by atoms with Gasteiger partial charge in [-0.05, 0) is 49.8 Å². The van der Waals surface area contributed by atoms with E-state index in [2.05, 4.69) is 4.98 Å². The highest BCUT2D eigenvalue weighted by molar-refractivity contribution is 5.85. The van der Waals surface area contributed by atoms with Gasteiger partial charge in [-0.15, -0.1) is 12.4 Å². The van der Waals surface area contributed by atoms with Crippen molar-refractivity contribution in [2.24, 2.45) is 11.1 Å². The Labute approximate surface area is 171 Å². The van der Waals surface area contributed by atoms with Crippen molar-refractivity contribution in [2.75, 3.05) is 19.6 Å². The lowest BCUT2D eigenvalue weighted by molar-refractivity contribution is -0.135. The Morgan fingerprint density at radius 2 is 1.82 bits per heavy atom. The van der Waals surface area contributed by atoms with Crippen molar-refractivity contribution in [2.45, 2.75) is 57.4 Å². The zero-order chi connectivity index (χ0) is 18.9. The van der Waals surface area contributed by atoms with Crippen LogP contribution < -0.4 is 11.4 Å². The number of imidazole rings is 1. The number of hydrogen-bond acceptors (Lipinski definition) is 3. The van der Waals surface area contributed by atoms with Gasteiger partial charge >= 0.3 is 5.69 Å². The first-order valence-electron chi connectivity index (χ1n) is 10.3. The largest absolute Gasteiger partial charge is 0.343 e. The van der Waals surface area contributed by atoms with E-state index in [1.807, 2.05) is 33.7 Å². The third-order valence-corrected chi connectivity index (χ3v) is 6.68. The van der Waals surface area contributed by atoms with Gasteiger partial charge in [-0.25, -0.2) is 4.79 Å². The number of nitrogens with one attached hydrogen (secondary N) is 1. The number of H-pyrrole nitrogens is 1. The number of nitrogens with zero attached hydrogens (tertiary/aromatic N) is 2. The van der Waals surface area contributed by atoms with Crippen molar-refractivity contribution in [1.29, 1.82) is 0 Å². The van der Waals surface area contributed by atoms with Crippen LogP contribution in [-0.4, -0.2) is 40.0 Å². The van der Waals surface area contributed by atoms with E-state index in [0.717, 1.165) is 49.8 Å². The molecular weight excluding hydrogens is 376 g/mol. The Morgan fingerprint density at radius 3 is 2.50 bits per heavy atom. The maximum atomic E-state index is 12.9. The molecule has 1 saturated heterocycles. The van der Waals surface area contributed by atoms with Gasteiger partial charge in [0.15, 0.2) is 0 Å². The van der Waals surface area contributed by atoms with Gasteiger partial charge in [0.05, 0.1) is 11.0 Å². The maximum Gasteiger partial charge on any atom is 0.326 e. The van der Waals surface area contributed by atoms with Crippen LogP contribution in [0.4, 0.5) is 0 Å². The average molecular weight is 407 g/mol. The molecule has 2 fully saturated rings. The van der Waals surface area contributed by atoms with Crippen LogP contribution >= 0.6 is 12.4 Å². The van der Waals surface area contributed by atoms with Gasteiger partial charge < -0.3 is 15.6 Å². The molecule has 6 nitrogen and oxygen atoms in total. The first-order chi connectivity index (χ1) is 13.1. The fourth-order valence-corrected chi connectivity index (χ4v) is 5.00. The number of aromatic amines is 1. The second-order valence-corrected chi connectivity index (χ2v) is 8.37. The van der Waals surface area contributed by atoms with E-state index in [9.17, 15) is 9.59 Å². The quantitative estimate of drug-likeness (QED) is 0.817. The standard InChI is InChI=1S/C21H30N4O2.ClH/c22-15-21(10-4-1-5-11-21)14-19(26)24-12-8-16(9-13-24)25-18-7-3-2-6-17(18)23-20(25)27;/h2-3,6-7,16H,1,4-5,8-15,22H2,(H,23,27);1H. The number of benzene rings is 1. The second kappa shape index (κ2) is 8.70. The molecule has 0 bridgehead atoms. The van der Waals surface area contributed by atoms with Gasteiger partial charge in [0, 0.05) is 25.6 Å². The number of nitrogens with two attached hydrogens (primary N) is 1. The minimum atomic E-state index is -0.0507. The lowest BCUT2D eigenvalue weighted by Gasteiger charge is -2.39. The van der Waals surface area contributed by atoms with Crippen molar-refractivity contribution >= 4 is 29.3 Å².